The van der Waals surface area contributed by atoms with Crippen LogP contribution in [0.5, 0.6) is 0 Å². The Morgan fingerprint density at radius 2 is 2.26 bits per heavy atom. The van der Waals surface area contributed by atoms with Gasteiger partial charge in [-0.2, -0.15) is 0 Å². The largest absolute Gasteiger partial charge is 0.481 e. The van der Waals surface area contributed by atoms with Crippen LogP contribution in [0.25, 0.3) is 0 Å². The van der Waals surface area contributed by atoms with Crippen LogP contribution < -0.4 is 5.32 Å². The Balaban J connectivity index is 2.48. The van der Waals surface area contributed by atoms with E-state index in [2.05, 4.69) is 10.3 Å². The number of nitrogens with zero attached hydrogens (tertiary/aromatic N) is 1. The quantitative estimate of drug-likeness (QED) is 0.769. The molecule has 0 aliphatic carbocycles. The molecule has 1 aromatic heterocycles. The molecule has 0 unspecified atom stereocenters. The summed E-state index contributed by atoms with van der Waals surface area (Å²) in [5.74, 6) is -1.63. The van der Waals surface area contributed by atoms with Crippen molar-refractivity contribution in [1.82, 2.24) is 4.98 Å². The van der Waals surface area contributed by atoms with Gasteiger partial charge in [-0.25, -0.2) is 4.98 Å². The zero-order valence-electron chi connectivity index (χ0n) is 11.3. The molecular formula is C13H20N2O3S. The van der Waals surface area contributed by atoms with Gasteiger partial charge in [0, 0.05) is 18.0 Å². The van der Waals surface area contributed by atoms with Crippen LogP contribution in [0.15, 0.2) is 11.6 Å². The van der Waals surface area contributed by atoms with E-state index in [1.165, 1.54) is 11.3 Å². The molecule has 0 spiro atoms. The van der Waals surface area contributed by atoms with E-state index >= 15 is 0 Å². The fourth-order valence-corrected chi connectivity index (χ4v) is 2.51. The Morgan fingerprint density at radius 1 is 1.53 bits per heavy atom. The van der Waals surface area contributed by atoms with Crippen molar-refractivity contribution in [3.63, 3.8) is 0 Å². The van der Waals surface area contributed by atoms with Gasteiger partial charge >= 0.3 is 5.97 Å². The fraction of sp³-hybridized carbons (Fsp3) is 0.615. The first kappa shape index (κ1) is 15.6. The Morgan fingerprint density at radius 3 is 2.79 bits per heavy atom. The second kappa shape index (κ2) is 7.89. The average Bonchev–Trinajstić information content (AvgIpc) is 2.81. The van der Waals surface area contributed by atoms with Gasteiger partial charge in [-0.15, -0.1) is 11.3 Å². The number of hydrogen-bond donors (Lipinski definition) is 2. The van der Waals surface area contributed by atoms with E-state index in [-0.39, 0.29) is 18.2 Å². The number of thiazole rings is 1. The van der Waals surface area contributed by atoms with E-state index < -0.39 is 11.9 Å². The van der Waals surface area contributed by atoms with Crippen molar-refractivity contribution in [2.24, 2.45) is 11.8 Å². The average molecular weight is 284 g/mol. The number of amides is 1. The van der Waals surface area contributed by atoms with Crippen LogP contribution in [0, 0.1) is 11.8 Å². The van der Waals surface area contributed by atoms with Crippen molar-refractivity contribution in [2.45, 2.75) is 39.5 Å². The van der Waals surface area contributed by atoms with Gasteiger partial charge in [0.15, 0.2) is 5.13 Å². The molecule has 19 heavy (non-hydrogen) atoms. The molecule has 0 aliphatic heterocycles. The van der Waals surface area contributed by atoms with Crippen LogP contribution in [-0.2, 0) is 9.59 Å². The van der Waals surface area contributed by atoms with Crippen LogP contribution in [0.3, 0.4) is 0 Å². The summed E-state index contributed by atoms with van der Waals surface area (Å²) in [6, 6.07) is 0. The normalized spacial score (nSPS) is 13.8. The number of anilines is 1. The number of hydrogen-bond acceptors (Lipinski definition) is 4. The standard InChI is InChI=1S/C13H20N2O3S/c1-3-4-5-10(12(17)18)9(2)8-11(16)15-13-14-6-7-19-13/h6-7,9-10H,3-5,8H2,1-2H3,(H,17,18)(H,14,15,16)/t9-,10+/m1/s1. The molecule has 0 fully saturated rings. The molecule has 0 radical (unpaired) electrons. The van der Waals surface area contributed by atoms with Crippen LogP contribution in [0.1, 0.15) is 39.5 Å². The van der Waals surface area contributed by atoms with Gasteiger partial charge in [-0.1, -0.05) is 26.7 Å². The van der Waals surface area contributed by atoms with Gasteiger partial charge in [0.05, 0.1) is 5.92 Å². The summed E-state index contributed by atoms with van der Waals surface area (Å²) < 4.78 is 0. The minimum atomic E-state index is -0.817. The van der Waals surface area contributed by atoms with Gasteiger partial charge in [-0.3, -0.25) is 9.59 Å². The van der Waals surface area contributed by atoms with Crippen LogP contribution in [-0.4, -0.2) is 22.0 Å². The molecule has 1 heterocycles. The summed E-state index contributed by atoms with van der Waals surface area (Å²) in [5.41, 5.74) is 0. The molecule has 5 nitrogen and oxygen atoms in total. The van der Waals surface area contributed by atoms with Crippen LogP contribution in [0.2, 0.25) is 0 Å². The third-order valence-electron chi connectivity index (χ3n) is 3.06. The molecule has 0 saturated heterocycles. The minimum absolute atomic E-state index is 0.176. The zero-order valence-corrected chi connectivity index (χ0v) is 12.1. The van der Waals surface area contributed by atoms with Crippen molar-refractivity contribution in [3.8, 4) is 0 Å². The molecule has 0 bridgehead atoms. The van der Waals surface area contributed by atoms with E-state index in [4.69, 9.17) is 0 Å². The highest BCUT2D eigenvalue weighted by molar-refractivity contribution is 7.13. The van der Waals surface area contributed by atoms with Gasteiger partial charge in [-0.05, 0) is 12.3 Å². The zero-order chi connectivity index (χ0) is 14.3. The highest BCUT2D eigenvalue weighted by atomic mass is 32.1. The molecule has 0 aromatic carbocycles. The second-order valence-electron chi connectivity index (χ2n) is 4.65. The number of carboxylic acids is 1. The molecule has 1 rings (SSSR count). The highest BCUT2D eigenvalue weighted by Crippen LogP contribution is 2.23. The monoisotopic (exact) mass is 284 g/mol. The number of unbranched alkanes of at least 4 members (excludes halogenated alkanes) is 1. The summed E-state index contributed by atoms with van der Waals surface area (Å²) in [6.07, 6.45) is 4.28. The van der Waals surface area contributed by atoms with E-state index in [0.717, 1.165) is 12.8 Å². The maximum absolute atomic E-state index is 11.8. The van der Waals surface area contributed by atoms with Crippen molar-refractivity contribution in [1.29, 1.82) is 0 Å². The number of nitrogens with one attached hydrogen (secondary N) is 1. The molecule has 0 saturated carbocycles. The minimum Gasteiger partial charge on any atom is -0.481 e. The molecule has 2 N–H and O–H groups in total. The maximum atomic E-state index is 11.8. The van der Waals surface area contributed by atoms with Crippen molar-refractivity contribution in [2.75, 3.05) is 5.32 Å². The Hall–Kier alpha value is -1.43. The number of aliphatic carboxylic acids is 1. The smallest absolute Gasteiger partial charge is 0.306 e. The number of carbonyl (C=O) groups is 2. The van der Waals surface area contributed by atoms with E-state index in [1.54, 1.807) is 11.6 Å². The first-order valence-corrected chi connectivity index (χ1v) is 7.34. The molecule has 6 heteroatoms. The maximum Gasteiger partial charge on any atom is 0.306 e. The summed E-state index contributed by atoms with van der Waals surface area (Å²) in [7, 11) is 0. The summed E-state index contributed by atoms with van der Waals surface area (Å²) in [5, 5.41) is 14.2. The molecule has 106 valence electrons. The summed E-state index contributed by atoms with van der Waals surface area (Å²) in [6.45, 7) is 3.84. The molecular weight excluding hydrogens is 264 g/mol. The lowest BCUT2D eigenvalue weighted by Gasteiger charge is -2.19. The lowest BCUT2D eigenvalue weighted by molar-refractivity contribution is -0.144. The Bertz CT molecular complexity index is 406. The first-order chi connectivity index (χ1) is 9.04. The van der Waals surface area contributed by atoms with Crippen LogP contribution in [0.4, 0.5) is 5.13 Å². The summed E-state index contributed by atoms with van der Waals surface area (Å²) >= 11 is 1.35. The topological polar surface area (TPSA) is 79.3 Å². The number of rotatable bonds is 8. The van der Waals surface area contributed by atoms with E-state index in [9.17, 15) is 14.7 Å². The van der Waals surface area contributed by atoms with Crippen molar-refractivity contribution in [3.05, 3.63) is 11.6 Å². The Labute approximate surface area is 117 Å². The SMILES string of the molecule is CCCC[C@H](C(=O)O)[C@H](C)CC(=O)Nc1nccs1. The summed E-state index contributed by atoms with van der Waals surface area (Å²) in [4.78, 5) is 27.0. The third-order valence-corrected chi connectivity index (χ3v) is 3.75. The molecule has 1 amide bonds. The van der Waals surface area contributed by atoms with Gasteiger partial charge in [0.25, 0.3) is 0 Å². The van der Waals surface area contributed by atoms with Crippen molar-refractivity contribution >= 4 is 28.3 Å². The fourth-order valence-electron chi connectivity index (χ4n) is 1.97. The van der Waals surface area contributed by atoms with Crippen LogP contribution >= 0.6 is 11.3 Å². The number of carboxylic acid groups (broad SMARTS) is 1. The highest BCUT2D eigenvalue weighted by Gasteiger charge is 2.26. The molecule has 0 aliphatic rings. The second-order valence-corrected chi connectivity index (χ2v) is 5.55. The third kappa shape index (κ3) is 5.38. The number of aromatic nitrogens is 1. The lowest BCUT2D eigenvalue weighted by atomic mass is 9.87. The number of carbonyl (C=O) groups excluding carboxylic acids is 1. The lowest BCUT2D eigenvalue weighted by Crippen LogP contribution is -2.26. The molecule has 1 aromatic rings. The van der Waals surface area contributed by atoms with E-state index in [1.807, 2.05) is 13.8 Å². The predicted octanol–water partition coefficient (Wildman–Crippen LogP) is 3.00. The predicted molar refractivity (Wildman–Crippen MR) is 75.2 cm³/mol. The van der Waals surface area contributed by atoms with Crippen molar-refractivity contribution < 1.29 is 14.7 Å². The molecule has 2 atom stereocenters. The van der Waals surface area contributed by atoms with Gasteiger partial charge in [0.1, 0.15) is 0 Å². The Kier molecular flexibility index (Phi) is 6.49. The van der Waals surface area contributed by atoms with Gasteiger partial charge < -0.3 is 10.4 Å². The van der Waals surface area contributed by atoms with E-state index in [0.29, 0.717) is 11.6 Å². The first-order valence-electron chi connectivity index (χ1n) is 6.46. The van der Waals surface area contributed by atoms with Gasteiger partial charge in [0.2, 0.25) is 5.91 Å².